The monoisotopic (exact) mass is 283 g/mol. The lowest BCUT2D eigenvalue weighted by atomic mass is 10.0. The zero-order valence-corrected chi connectivity index (χ0v) is 12.5. The predicted molar refractivity (Wildman–Crippen MR) is 85.4 cm³/mol. The average Bonchev–Trinajstić information content (AvgIpc) is 2.53. The summed E-state index contributed by atoms with van der Waals surface area (Å²) in [6.07, 6.45) is 1.53. The molecular weight excluding hydrogens is 262 g/mol. The number of hydrogen-bond acceptors (Lipinski definition) is 3. The molecule has 2 aromatic carbocycles. The van der Waals surface area contributed by atoms with Gasteiger partial charge in [0, 0.05) is 5.69 Å². The van der Waals surface area contributed by atoms with Gasteiger partial charge in [-0.25, -0.2) is 4.79 Å². The Balaban J connectivity index is 2.05. The van der Waals surface area contributed by atoms with E-state index >= 15 is 0 Å². The highest BCUT2D eigenvalue weighted by atomic mass is 16.5. The van der Waals surface area contributed by atoms with Crippen LogP contribution < -0.4 is 5.32 Å². The fraction of sp³-hybridized carbons (Fsp3) is 0.278. The topological polar surface area (TPSA) is 38.3 Å². The van der Waals surface area contributed by atoms with Gasteiger partial charge in [0.1, 0.15) is 6.04 Å². The molecule has 2 aromatic rings. The number of rotatable bonds is 6. The number of methoxy groups -OCH3 is 1. The van der Waals surface area contributed by atoms with Crippen molar-refractivity contribution in [2.45, 2.75) is 25.8 Å². The maximum atomic E-state index is 12.0. The molecule has 110 valence electrons. The van der Waals surface area contributed by atoms with Gasteiger partial charge in [-0.1, -0.05) is 48.5 Å². The van der Waals surface area contributed by atoms with E-state index in [4.69, 9.17) is 4.74 Å². The molecule has 0 aliphatic rings. The van der Waals surface area contributed by atoms with E-state index < -0.39 is 0 Å². The van der Waals surface area contributed by atoms with Gasteiger partial charge in [0.05, 0.1) is 7.11 Å². The van der Waals surface area contributed by atoms with Crippen LogP contribution in [0.5, 0.6) is 0 Å². The Morgan fingerprint density at radius 3 is 2.43 bits per heavy atom. The molecule has 21 heavy (non-hydrogen) atoms. The molecule has 0 aliphatic heterocycles. The second-order valence-electron chi connectivity index (χ2n) is 5.06. The normalized spacial score (nSPS) is 11.7. The Bertz CT molecular complexity index is 581. The van der Waals surface area contributed by atoms with E-state index in [9.17, 15) is 4.79 Å². The number of ether oxygens (including phenoxy) is 1. The first-order chi connectivity index (χ1) is 10.2. The summed E-state index contributed by atoms with van der Waals surface area (Å²) in [5, 5.41) is 3.29. The zero-order chi connectivity index (χ0) is 15.1. The van der Waals surface area contributed by atoms with Crippen molar-refractivity contribution in [1.82, 2.24) is 0 Å². The highest BCUT2D eigenvalue weighted by Crippen LogP contribution is 2.17. The lowest BCUT2D eigenvalue weighted by Crippen LogP contribution is -2.31. The second-order valence-corrected chi connectivity index (χ2v) is 5.06. The first-order valence-electron chi connectivity index (χ1n) is 7.14. The van der Waals surface area contributed by atoms with Crippen LogP contribution in [0.2, 0.25) is 0 Å². The Labute approximate surface area is 126 Å². The predicted octanol–water partition coefficient (Wildman–Crippen LogP) is 3.58. The highest BCUT2D eigenvalue weighted by Gasteiger charge is 2.19. The van der Waals surface area contributed by atoms with Gasteiger partial charge >= 0.3 is 5.97 Å². The number of aryl methyl sites for hydroxylation is 2. The van der Waals surface area contributed by atoms with E-state index in [-0.39, 0.29) is 12.0 Å². The van der Waals surface area contributed by atoms with E-state index in [1.807, 2.05) is 49.4 Å². The van der Waals surface area contributed by atoms with Gasteiger partial charge in [0.15, 0.2) is 0 Å². The number of para-hydroxylation sites is 1. The van der Waals surface area contributed by atoms with Crippen molar-refractivity contribution in [2.75, 3.05) is 12.4 Å². The summed E-state index contributed by atoms with van der Waals surface area (Å²) >= 11 is 0. The third-order valence-electron chi connectivity index (χ3n) is 3.53. The second kappa shape index (κ2) is 7.48. The van der Waals surface area contributed by atoms with E-state index in [1.165, 1.54) is 12.7 Å². The van der Waals surface area contributed by atoms with E-state index in [0.29, 0.717) is 6.42 Å². The van der Waals surface area contributed by atoms with Crippen LogP contribution in [0.3, 0.4) is 0 Å². The molecule has 1 N–H and O–H groups in total. The molecule has 1 atom stereocenters. The number of esters is 1. The van der Waals surface area contributed by atoms with Crippen molar-refractivity contribution in [2.24, 2.45) is 0 Å². The molecule has 0 saturated heterocycles. The molecule has 0 bridgehead atoms. The van der Waals surface area contributed by atoms with Crippen LogP contribution in [0, 0.1) is 6.92 Å². The average molecular weight is 283 g/mol. The molecule has 1 unspecified atom stereocenters. The van der Waals surface area contributed by atoms with Crippen molar-refractivity contribution < 1.29 is 9.53 Å². The fourth-order valence-electron chi connectivity index (χ4n) is 2.27. The molecule has 0 fully saturated rings. The minimum Gasteiger partial charge on any atom is -0.467 e. The van der Waals surface area contributed by atoms with Crippen LogP contribution in [-0.4, -0.2) is 19.1 Å². The Hall–Kier alpha value is -2.29. The lowest BCUT2D eigenvalue weighted by Gasteiger charge is -2.19. The molecule has 3 nitrogen and oxygen atoms in total. The van der Waals surface area contributed by atoms with Gasteiger partial charge in [-0.05, 0) is 37.0 Å². The quantitative estimate of drug-likeness (QED) is 0.823. The third kappa shape index (κ3) is 4.35. The number of carbonyl (C=O) groups excluding carboxylic acids is 1. The molecular formula is C18H21NO2. The number of carbonyl (C=O) groups is 1. The molecule has 3 heteroatoms. The summed E-state index contributed by atoms with van der Waals surface area (Å²) in [5.74, 6) is -0.228. The van der Waals surface area contributed by atoms with Gasteiger partial charge in [-0.15, -0.1) is 0 Å². The van der Waals surface area contributed by atoms with Crippen molar-refractivity contribution in [3.63, 3.8) is 0 Å². The van der Waals surface area contributed by atoms with Gasteiger partial charge in [-0.3, -0.25) is 0 Å². The Kier molecular flexibility index (Phi) is 5.38. The van der Waals surface area contributed by atoms with Crippen LogP contribution in [0.1, 0.15) is 17.5 Å². The molecule has 0 radical (unpaired) electrons. The standard InChI is InChI=1S/C18H21NO2/c1-14-8-6-7-11-16(14)19-17(18(20)21-2)13-12-15-9-4-3-5-10-15/h3-11,17,19H,12-13H2,1-2H3. The van der Waals surface area contributed by atoms with Crippen LogP contribution in [0.4, 0.5) is 5.69 Å². The summed E-state index contributed by atoms with van der Waals surface area (Å²) < 4.78 is 4.91. The summed E-state index contributed by atoms with van der Waals surface area (Å²) in [7, 11) is 1.43. The highest BCUT2D eigenvalue weighted by molar-refractivity contribution is 5.79. The number of anilines is 1. The molecule has 0 heterocycles. The van der Waals surface area contributed by atoms with Crippen LogP contribution in [-0.2, 0) is 16.0 Å². The van der Waals surface area contributed by atoms with E-state index in [2.05, 4.69) is 17.4 Å². The minimum absolute atomic E-state index is 0.228. The Morgan fingerprint density at radius 1 is 1.10 bits per heavy atom. The summed E-state index contributed by atoms with van der Waals surface area (Å²) in [6, 6.07) is 17.8. The summed E-state index contributed by atoms with van der Waals surface area (Å²) in [6.45, 7) is 2.02. The number of benzene rings is 2. The fourth-order valence-corrected chi connectivity index (χ4v) is 2.27. The first-order valence-corrected chi connectivity index (χ1v) is 7.14. The van der Waals surface area contributed by atoms with E-state index in [1.54, 1.807) is 0 Å². The molecule has 2 rings (SSSR count). The number of nitrogens with one attached hydrogen (secondary N) is 1. The van der Waals surface area contributed by atoms with Gasteiger partial charge in [0.2, 0.25) is 0 Å². The summed E-state index contributed by atoms with van der Waals surface area (Å²) in [4.78, 5) is 12.0. The SMILES string of the molecule is COC(=O)C(CCc1ccccc1)Nc1ccccc1C. The van der Waals surface area contributed by atoms with Crippen LogP contribution in [0.25, 0.3) is 0 Å². The lowest BCUT2D eigenvalue weighted by molar-refractivity contribution is -0.141. The maximum absolute atomic E-state index is 12.0. The molecule has 0 spiro atoms. The summed E-state index contributed by atoms with van der Waals surface area (Å²) in [5.41, 5.74) is 3.31. The maximum Gasteiger partial charge on any atom is 0.328 e. The van der Waals surface area contributed by atoms with Crippen molar-refractivity contribution in [3.8, 4) is 0 Å². The largest absolute Gasteiger partial charge is 0.467 e. The zero-order valence-electron chi connectivity index (χ0n) is 12.5. The van der Waals surface area contributed by atoms with Gasteiger partial charge in [0.25, 0.3) is 0 Å². The molecule has 0 saturated carbocycles. The third-order valence-corrected chi connectivity index (χ3v) is 3.53. The molecule has 0 aromatic heterocycles. The van der Waals surface area contributed by atoms with Gasteiger partial charge in [-0.2, -0.15) is 0 Å². The minimum atomic E-state index is -0.337. The smallest absolute Gasteiger partial charge is 0.328 e. The number of hydrogen-bond donors (Lipinski definition) is 1. The van der Waals surface area contributed by atoms with Crippen molar-refractivity contribution in [1.29, 1.82) is 0 Å². The van der Waals surface area contributed by atoms with Crippen molar-refractivity contribution >= 4 is 11.7 Å². The van der Waals surface area contributed by atoms with Crippen LogP contribution in [0.15, 0.2) is 54.6 Å². The Morgan fingerprint density at radius 2 is 1.76 bits per heavy atom. The van der Waals surface area contributed by atoms with Gasteiger partial charge < -0.3 is 10.1 Å². The van der Waals surface area contributed by atoms with Crippen molar-refractivity contribution in [3.05, 3.63) is 65.7 Å². The first kappa shape index (κ1) is 15.1. The molecule has 0 amide bonds. The van der Waals surface area contributed by atoms with E-state index in [0.717, 1.165) is 17.7 Å². The molecule has 0 aliphatic carbocycles. The van der Waals surface area contributed by atoms with Crippen LogP contribution >= 0.6 is 0 Å².